The van der Waals surface area contributed by atoms with E-state index in [0.717, 1.165) is 23.3 Å². The molecule has 0 spiro atoms. The van der Waals surface area contributed by atoms with Gasteiger partial charge in [0.15, 0.2) is 0 Å². The van der Waals surface area contributed by atoms with Crippen LogP contribution in [0.15, 0.2) is 18.2 Å². The Balaban J connectivity index is 1.73. The monoisotopic (exact) mass is 435 g/mol. The summed E-state index contributed by atoms with van der Waals surface area (Å²) in [5.74, 6) is -0.275. The number of carbonyl (C=O) groups is 3. The summed E-state index contributed by atoms with van der Waals surface area (Å²) in [7, 11) is 1.55. The third-order valence-electron chi connectivity index (χ3n) is 6.12. The van der Waals surface area contributed by atoms with E-state index in [-0.39, 0.29) is 30.9 Å². The molecule has 2 atom stereocenters. The summed E-state index contributed by atoms with van der Waals surface area (Å²) in [6, 6.07) is 4.66. The third-order valence-corrected chi connectivity index (χ3v) is 6.36. The van der Waals surface area contributed by atoms with Gasteiger partial charge >= 0.3 is 6.03 Å². The van der Waals surface area contributed by atoms with E-state index < -0.39 is 11.9 Å². The average Bonchev–Trinajstić information content (AvgIpc) is 2.88. The average molecular weight is 436 g/mol. The molecule has 2 aliphatic rings. The fourth-order valence-corrected chi connectivity index (χ4v) is 4.55. The zero-order valence-corrected chi connectivity index (χ0v) is 18.3. The lowest BCUT2D eigenvalue weighted by atomic mass is 9.84. The summed E-state index contributed by atoms with van der Waals surface area (Å²) in [5.41, 5.74) is 0.760. The molecule has 0 radical (unpaired) electrons. The Morgan fingerprint density at radius 1 is 1.30 bits per heavy atom. The van der Waals surface area contributed by atoms with Crippen molar-refractivity contribution in [3.05, 3.63) is 28.8 Å². The number of hydrogen-bond donors (Lipinski definition) is 2. The first-order valence-electron chi connectivity index (χ1n) is 10.6. The van der Waals surface area contributed by atoms with Gasteiger partial charge in [-0.05, 0) is 55.9 Å². The quantitative estimate of drug-likeness (QED) is 0.743. The topological polar surface area (TPSA) is 87.7 Å². The summed E-state index contributed by atoms with van der Waals surface area (Å²) < 4.78 is 5.37. The van der Waals surface area contributed by atoms with Crippen molar-refractivity contribution < 1.29 is 19.1 Å². The first kappa shape index (κ1) is 22.4. The lowest BCUT2D eigenvalue weighted by Gasteiger charge is -2.30. The molecule has 8 heteroatoms. The van der Waals surface area contributed by atoms with E-state index in [1.165, 1.54) is 19.3 Å². The first-order chi connectivity index (χ1) is 14.4. The number of nitrogens with zero attached hydrogens (tertiary/aromatic N) is 1. The third kappa shape index (κ3) is 5.45. The minimum absolute atomic E-state index is 0.0385. The van der Waals surface area contributed by atoms with Crippen LogP contribution in [0.3, 0.4) is 0 Å². The van der Waals surface area contributed by atoms with Gasteiger partial charge in [-0.15, -0.1) is 0 Å². The Kier molecular flexibility index (Phi) is 7.58. The van der Waals surface area contributed by atoms with Crippen LogP contribution in [0, 0.1) is 11.8 Å². The number of amides is 4. The second kappa shape index (κ2) is 10.2. The van der Waals surface area contributed by atoms with Crippen molar-refractivity contribution in [1.29, 1.82) is 0 Å². The highest BCUT2D eigenvalue weighted by Crippen LogP contribution is 2.28. The van der Waals surface area contributed by atoms with E-state index in [0.29, 0.717) is 23.1 Å². The van der Waals surface area contributed by atoms with Crippen LogP contribution >= 0.6 is 11.6 Å². The van der Waals surface area contributed by atoms with Gasteiger partial charge in [0.1, 0.15) is 12.3 Å². The van der Waals surface area contributed by atoms with Gasteiger partial charge < -0.3 is 15.4 Å². The van der Waals surface area contributed by atoms with Gasteiger partial charge in [-0.1, -0.05) is 30.9 Å². The number of rotatable bonds is 5. The lowest BCUT2D eigenvalue weighted by Crippen LogP contribution is -2.51. The van der Waals surface area contributed by atoms with E-state index in [1.807, 2.05) is 6.92 Å². The maximum absolute atomic E-state index is 13.2. The normalized spacial score (nSPS) is 21.6. The highest BCUT2D eigenvalue weighted by molar-refractivity contribution is 6.30. The summed E-state index contributed by atoms with van der Waals surface area (Å²) in [6.45, 7) is 1.87. The molecule has 164 valence electrons. The number of halogens is 1. The molecule has 0 aromatic heterocycles. The molecule has 4 amide bonds. The molecule has 1 saturated heterocycles. The van der Waals surface area contributed by atoms with Crippen molar-refractivity contribution in [2.45, 2.75) is 51.5 Å². The number of carbonyl (C=O) groups excluding carboxylic acids is 3. The van der Waals surface area contributed by atoms with Gasteiger partial charge in [-0.3, -0.25) is 14.5 Å². The van der Waals surface area contributed by atoms with Gasteiger partial charge in [-0.25, -0.2) is 4.79 Å². The van der Waals surface area contributed by atoms with Crippen molar-refractivity contribution in [2.24, 2.45) is 11.8 Å². The fraction of sp³-hybridized carbons (Fsp3) is 0.591. The minimum Gasteiger partial charge on any atom is -0.496 e. The van der Waals surface area contributed by atoms with Crippen LogP contribution in [0.4, 0.5) is 4.79 Å². The van der Waals surface area contributed by atoms with Crippen LogP contribution < -0.4 is 15.4 Å². The van der Waals surface area contributed by atoms with Crippen LogP contribution in [0.5, 0.6) is 5.75 Å². The minimum atomic E-state index is -0.584. The Morgan fingerprint density at radius 3 is 2.73 bits per heavy atom. The zero-order valence-electron chi connectivity index (χ0n) is 17.6. The van der Waals surface area contributed by atoms with Crippen LogP contribution in [0.25, 0.3) is 0 Å². The molecule has 1 aliphatic heterocycles. The second-order valence-corrected chi connectivity index (χ2v) is 8.66. The number of methoxy groups -OCH3 is 1. The SMILES string of the molecule is COc1ccc(Cl)cc1CC1CNC(=O)CN(C(=O)N[C@H](C)C2CCCCC2)C1=O. The summed E-state index contributed by atoms with van der Waals surface area (Å²) in [5, 5.41) is 6.23. The van der Waals surface area contributed by atoms with E-state index in [1.54, 1.807) is 25.3 Å². The number of nitrogens with one attached hydrogen (secondary N) is 2. The van der Waals surface area contributed by atoms with Crippen molar-refractivity contribution in [1.82, 2.24) is 15.5 Å². The van der Waals surface area contributed by atoms with Crippen LogP contribution in [0.2, 0.25) is 5.02 Å². The van der Waals surface area contributed by atoms with Crippen LogP contribution in [-0.2, 0) is 16.0 Å². The van der Waals surface area contributed by atoms with Crippen LogP contribution in [0.1, 0.15) is 44.6 Å². The van der Waals surface area contributed by atoms with Crippen molar-refractivity contribution in [2.75, 3.05) is 20.2 Å². The number of urea groups is 1. The standard InChI is InChI=1S/C22H30ClN3O4/c1-14(15-6-4-3-5-7-15)25-22(29)26-13-20(27)24-12-17(21(26)28)10-16-11-18(23)8-9-19(16)30-2/h8-9,11,14-15,17H,3-7,10,12-13H2,1-2H3,(H,24,27)(H,25,29)/t14-,17?/m1/s1. The first-order valence-corrected chi connectivity index (χ1v) is 11.0. The summed E-state index contributed by atoms with van der Waals surface area (Å²) >= 11 is 6.11. The molecule has 1 heterocycles. The van der Waals surface area contributed by atoms with E-state index in [9.17, 15) is 14.4 Å². The molecule has 0 bridgehead atoms. The van der Waals surface area contributed by atoms with Crippen molar-refractivity contribution in [3.63, 3.8) is 0 Å². The number of hydrogen-bond acceptors (Lipinski definition) is 4. The molecule has 1 saturated carbocycles. The maximum atomic E-state index is 13.2. The van der Waals surface area contributed by atoms with Gasteiger partial charge in [-0.2, -0.15) is 0 Å². The van der Waals surface area contributed by atoms with Crippen LogP contribution in [-0.4, -0.2) is 49.0 Å². The van der Waals surface area contributed by atoms with Gasteiger partial charge in [0.05, 0.1) is 13.0 Å². The smallest absolute Gasteiger partial charge is 0.324 e. The Bertz CT molecular complexity index is 795. The van der Waals surface area contributed by atoms with Gasteiger partial charge in [0, 0.05) is 17.6 Å². The molecule has 2 N–H and O–H groups in total. The largest absolute Gasteiger partial charge is 0.496 e. The number of benzene rings is 1. The highest BCUT2D eigenvalue weighted by atomic mass is 35.5. The van der Waals surface area contributed by atoms with E-state index in [2.05, 4.69) is 10.6 Å². The van der Waals surface area contributed by atoms with E-state index in [4.69, 9.17) is 16.3 Å². The predicted octanol–water partition coefficient (Wildman–Crippen LogP) is 3.14. The molecule has 1 aromatic rings. The number of ether oxygens (including phenoxy) is 1. The Morgan fingerprint density at radius 2 is 2.03 bits per heavy atom. The summed E-state index contributed by atoms with van der Waals surface area (Å²) in [4.78, 5) is 39.3. The maximum Gasteiger partial charge on any atom is 0.324 e. The summed E-state index contributed by atoms with van der Waals surface area (Å²) in [6.07, 6.45) is 6.03. The Hall–Kier alpha value is -2.28. The van der Waals surface area contributed by atoms with Gasteiger partial charge in [0.2, 0.25) is 11.8 Å². The van der Waals surface area contributed by atoms with Crippen molar-refractivity contribution >= 4 is 29.4 Å². The molecule has 3 rings (SSSR count). The van der Waals surface area contributed by atoms with Gasteiger partial charge in [0.25, 0.3) is 0 Å². The second-order valence-electron chi connectivity index (χ2n) is 8.22. The molecule has 7 nitrogen and oxygen atoms in total. The molecule has 2 fully saturated rings. The predicted molar refractivity (Wildman–Crippen MR) is 114 cm³/mol. The fourth-order valence-electron chi connectivity index (χ4n) is 4.35. The molecule has 1 aliphatic carbocycles. The van der Waals surface area contributed by atoms with E-state index >= 15 is 0 Å². The highest BCUT2D eigenvalue weighted by Gasteiger charge is 2.35. The lowest BCUT2D eigenvalue weighted by molar-refractivity contribution is -0.133. The molecule has 1 aromatic carbocycles. The molecular formula is C22H30ClN3O4. The molecular weight excluding hydrogens is 406 g/mol. The Labute approximate surface area is 182 Å². The van der Waals surface area contributed by atoms with Crippen molar-refractivity contribution in [3.8, 4) is 5.75 Å². The molecule has 30 heavy (non-hydrogen) atoms. The number of imide groups is 1. The zero-order chi connectivity index (χ0) is 21.7. The molecule has 1 unspecified atom stereocenters.